The van der Waals surface area contributed by atoms with E-state index in [0.29, 0.717) is 27.5 Å². The van der Waals surface area contributed by atoms with Crippen molar-refractivity contribution in [2.75, 3.05) is 4.90 Å². The number of benzene rings is 10. The molecule has 60 heavy (non-hydrogen) atoms. The van der Waals surface area contributed by atoms with Crippen molar-refractivity contribution in [3.8, 4) is 55.6 Å². The Morgan fingerprint density at radius 1 is 0.333 bits per heavy atom. The highest BCUT2D eigenvalue weighted by Gasteiger charge is 2.19. The summed E-state index contributed by atoms with van der Waals surface area (Å²) in [7, 11) is 0. The molecular weight excluding hydrogens is 727 g/mol. The molecule has 0 N–H and O–H groups in total. The zero-order valence-electron chi connectivity index (χ0n) is 41.2. The van der Waals surface area contributed by atoms with Gasteiger partial charge >= 0.3 is 0 Å². The van der Waals surface area contributed by atoms with Crippen LogP contribution in [-0.4, -0.2) is 0 Å². The molecule has 282 valence electrons. The van der Waals surface area contributed by atoms with Crippen LogP contribution in [0.15, 0.2) is 241 Å². The Kier molecular flexibility index (Phi) is 6.76. The summed E-state index contributed by atoms with van der Waals surface area (Å²) in [5, 5.41) is 3.11. The lowest BCUT2D eigenvalue weighted by atomic mass is 9.93. The molecule has 1 heterocycles. The standard InChI is InChI=1S/C58H39NO/c1-4-13-40(14-5-1)43-23-25-46(26-24-43)51-21-12-22-56-57(51)55-39-54(52-19-10-11-20-53(52)58(55)60-56)47-31-37-50(38-32-47)59(48-33-27-44(28-34-48)41-15-6-2-7-16-41)49-35-29-45(30-36-49)42-17-8-3-9-18-42/h1-39H/i1D,4D,5D,13D,14D,23D,24D,25D,26D. The van der Waals surface area contributed by atoms with Gasteiger partial charge in [-0.2, -0.15) is 0 Å². The Morgan fingerprint density at radius 3 is 1.40 bits per heavy atom. The molecule has 0 aliphatic rings. The fraction of sp³-hybridized carbons (Fsp3) is 0. The van der Waals surface area contributed by atoms with Gasteiger partial charge in [-0.3, -0.25) is 0 Å². The van der Waals surface area contributed by atoms with Crippen molar-refractivity contribution >= 4 is 49.8 Å². The van der Waals surface area contributed by atoms with E-state index in [1.165, 1.54) is 0 Å². The van der Waals surface area contributed by atoms with E-state index in [1.807, 2.05) is 60.7 Å². The predicted molar refractivity (Wildman–Crippen MR) is 253 cm³/mol. The van der Waals surface area contributed by atoms with Crippen LogP contribution in [0.5, 0.6) is 0 Å². The molecule has 0 bridgehead atoms. The lowest BCUT2D eigenvalue weighted by molar-refractivity contribution is 0.673. The van der Waals surface area contributed by atoms with Crippen molar-refractivity contribution in [2.24, 2.45) is 0 Å². The van der Waals surface area contributed by atoms with Crippen molar-refractivity contribution in [1.82, 2.24) is 0 Å². The van der Waals surface area contributed by atoms with E-state index in [-0.39, 0.29) is 16.7 Å². The molecule has 0 aliphatic carbocycles. The summed E-state index contributed by atoms with van der Waals surface area (Å²) in [6, 6.07) is 56.7. The van der Waals surface area contributed by atoms with Crippen LogP contribution >= 0.6 is 0 Å². The SMILES string of the molecule is [2H]c1c([2H])c([2H])c(-c2c([2H])c([2H])c(-c3cccc4oc5c6ccccc6c(-c6ccc(N(c7ccc(-c8ccccc8)cc7)c7ccc(-c8ccccc8)cc7)cc6)cc5c34)c([2H])c2[2H])c([2H])c1[2H]. The smallest absolute Gasteiger partial charge is 0.143 e. The van der Waals surface area contributed by atoms with Gasteiger partial charge in [0.1, 0.15) is 11.2 Å². The van der Waals surface area contributed by atoms with E-state index in [4.69, 9.17) is 14.0 Å². The number of rotatable bonds is 8. The van der Waals surface area contributed by atoms with E-state index in [9.17, 15) is 2.74 Å². The molecule has 0 fully saturated rings. The molecule has 0 aliphatic heterocycles. The molecule has 0 saturated heterocycles. The first kappa shape index (κ1) is 26.9. The van der Waals surface area contributed by atoms with E-state index in [2.05, 4.69) is 114 Å². The van der Waals surface area contributed by atoms with Gasteiger partial charge in [0.25, 0.3) is 0 Å². The Morgan fingerprint density at radius 2 is 0.817 bits per heavy atom. The quantitative estimate of drug-likeness (QED) is 0.153. The van der Waals surface area contributed by atoms with Gasteiger partial charge in [-0.05, 0) is 110 Å². The predicted octanol–water partition coefficient (Wildman–Crippen LogP) is 16.5. The first-order valence-corrected chi connectivity index (χ1v) is 19.8. The third kappa shape index (κ3) is 6.41. The molecule has 11 aromatic rings. The van der Waals surface area contributed by atoms with Gasteiger partial charge < -0.3 is 9.32 Å². The fourth-order valence-electron chi connectivity index (χ4n) is 8.15. The number of hydrogen-bond donors (Lipinski definition) is 0. The summed E-state index contributed by atoms with van der Waals surface area (Å²) >= 11 is 0. The monoisotopic (exact) mass is 774 g/mol. The zero-order chi connectivity index (χ0) is 47.7. The minimum absolute atomic E-state index is 0.00201. The van der Waals surface area contributed by atoms with Crippen LogP contribution in [0.25, 0.3) is 88.3 Å². The zero-order valence-corrected chi connectivity index (χ0v) is 32.2. The van der Waals surface area contributed by atoms with Crippen molar-refractivity contribution < 1.29 is 16.8 Å². The van der Waals surface area contributed by atoms with Gasteiger partial charge in [0, 0.05) is 33.2 Å². The lowest BCUT2D eigenvalue weighted by Crippen LogP contribution is -2.09. The van der Waals surface area contributed by atoms with Crippen LogP contribution in [0.1, 0.15) is 12.3 Å². The topological polar surface area (TPSA) is 16.4 Å². The van der Waals surface area contributed by atoms with Crippen LogP contribution in [0.4, 0.5) is 17.1 Å². The normalized spacial score (nSPS) is 13.4. The van der Waals surface area contributed by atoms with Crippen molar-refractivity contribution in [2.45, 2.75) is 0 Å². The Balaban J connectivity index is 1.05. The first-order valence-electron chi connectivity index (χ1n) is 24.3. The second-order valence-corrected chi connectivity index (χ2v) is 14.6. The van der Waals surface area contributed by atoms with Gasteiger partial charge in [0.05, 0.1) is 12.3 Å². The van der Waals surface area contributed by atoms with Crippen molar-refractivity contribution in [1.29, 1.82) is 0 Å². The second-order valence-electron chi connectivity index (χ2n) is 14.6. The lowest BCUT2D eigenvalue weighted by Gasteiger charge is -2.26. The maximum Gasteiger partial charge on any atom is 0.143 e. The highest BCUT2D eigenvalue weighted by atomic mass is 16.3. The minimum atomic E-state index is -0.626. The number of nitrogens with zero attached hydrogens (tertiary/aromatic N) is 1. The van der Waals surface area contributed by atoms with Gasteiger partial charge in [-0.15, -0.1) is 0 Å². The van der Waals surface area contributed by atoms with E-state index in [1.54, 1.807) is 12.1 Å². The first-order chi connectivity index (χ1) is 33.5. The summed E-state index contributed by atoms with van der Waals surface area (Å²) < 4.78 is 85.1. The Hall–Kier alpha value is -7.94. The van der Waals surface area contributed by atoms with Gasteiger partial charge in [-0.25, -0.2) is 0 Å². The molecule has 0 unspecified atom stereocenters. The molecular formula is C58H39NO. The number of furan rings is 1. The van der Waals surface area contributed by atoms with Crippen LogP contribution in [0.2, 0.25) is 0 Å². The van der Waals surface area contributed by atoms with Crippen LogP contribution in [0.3, 0.4) is 0 Å². The molecule has 0 saturated carbocycles. The van der Waals surface area contributed by atoms with E-state index < -0.39 is 54.4 Å². The number of hydrogen-bond acceptors (Lipinski definition) is 2. The molecule has 0 radical (unpaired) electrons. The molecule has 0 amide bonds. The average molecular weight is 775 g/mol. The van der Waals surface area contributed by atoms with Crippen LogP contribution in [-0.2, 0) is 0 Å². The molecule has 11 rings (SSSR count). The molecule has 10 aromatic carbocycles. The van der Waals surface area contributed by atoms with Crippen LogP contribution in [0, 0.1) is 0 Å². The second kappa shape index (κ2) is 15.1. The average Bonchev–Trinajstić information content (AvgIpc) is 3.78. The Bertz CT molecular complexity index is 3660. The summed E-state index contributed by atoms with van der Waals surface area (Å²) in [6.07, 6.45) is 0. The van der Waals surface area contributed by atoms with E-state index >= 15 is 0 Å². The summed E-state index contributed by atoms with van der Waals surface area (Å²) in [4.78, 5) is 2.24. The third-order valence-corrected chi connectivity index (χ3v) is 11.0. The third-order valence-electron chi connectivity index (χ3n) is 11.0. The molecule has 1 aromatic heterocycles. The molecule has 0 atom stereocenters. The minimum Gasteiger partial charge on any atom is -0.455 e. The molecule has 0 spiro atoms. The summed E-state index contributed by atoms with van der Waals surface area (Å²) in [6.45, 7) is 0. The largest absolute Gasteiger partial charge is 0.455 e. The fourth-order valence-corrected chi connectivity index (χ4v) is 8.15. The number of anilines is 3. The maximum atomic E-state index is 9.30. The van der Waals surface area contributed by atoms with Gasteiger partial charge in [0.15, 0.2) is 0 Å². The maximum absolute atomic E-state index is 9.30. The molecule has 2 heteroatoms. The van der Waals surface area contributed by atoms with Crippen molar-refractivity contribution in [3.63, 3.8) is 0 Å². The highest BCUT2D eigenvalue weighted by Crippen LogP contribution is 2.44. The van der Waals surface area contributed by atoms with Gasteiger partial charge in [-0.1, -0.05) is 188 Å². The van der Waals surface area contributed by atoms with Crippen LogP contribution < -0.4 is 4.90 Å². The summed E-state index contributed by atoms with van der Waals surface area (Å²) in [5.74, 6) is 0. The highest BCUT2D eigenvalue weighted by molar-refractivity contribution is 6.22. The number of fused-ring (bicyclic) bond motifs is 5. The van der Waals surface area contributed by atoms with Gasteiger partial charge in [0.2, 0.25) is 0 Å². The van der Waals surface area contributed by atoms with Crippen molar-refractivity contribution in [3.05, 3.63) is 236 Å². The molecule has 2 nitrogen and oxygen atoms in total. The van der Waals surface area contributed by atoms with E-state index in [0.717, 1.165) is 61.2 Å². The Labute approximate surface area is 362 Å². The summed E-state index contributed by atoms with van der Waals surface area (Å²) in [5.41, 5.74) is 10.1.